The van der Waals surface area contributed by atoms with E-state index in [4.69, 9.17) is 10.5 Å². The standard InChI is InChI=1S/C13H28N2O2/c1-11(2)17-10-13(16)9-15-7-3-4-12(8-15)5-6-14/h11-13,16H,3-10,14H2,1-2H3. The molecule has 17 heavy (non-hydrogen) atoms. The minimum Gasteiger partial charge on any atom is -0.389 e. The van der Waals surface area contributed by atoms with Gasteiger partial charge in [-0.05, 0) is 52.1 Å². The van der Waals surface area contributed by atoms with Gasteiger partial charge in [0.2, 0.25) is 0 Å². The number of likely N-dealkylation sites (tertiary alicyclic amines) is 1. The van der Waals surface area contributed by atoms with Crippen LogP contribution in [-0.2, 0) is 4.74 Å². The predicted molar refractivity (Wildman–Crippen MR) is 69.9 cm³/mol. The highest BCUT2D eigenvalue weighted by atomic mass is 16.5. The molecule has 1 aliphatic heterocycles. The molecule has 0 saturated carbocycles. The van der Waals surface area contributed by atoms with Crippen molar-refractivity contribution in [2.75, 3.05) is 32.8 Å². The number of β-amino-alcohol motifs (C(OH)–C–C–N with tert-alkyl or cyclic N) is 1. The Kier molecular flexibility index (Phi) is 7.04. The van der Waals surface area contributed by atoms with Gasteiger partial charge in [0.05, 0.1) is 18.8 Å². The third-order valence-corrected chi connectivity index (χ3v) is 3.27. The number of hydrogen-bond acceptors (Lipinski definition) is 4. The molecule has 102 valence electrons. The molecule has 0 spiro atoms. The van der Waals surface area contributed by atoms with E-state index >= 15 is 0 Å². The van der Waals surface area contributed by atoms with Crippen molar-refractivity contribution in [3.8, 4) is 0 Å². The summed E-state index contributed by atoms with van der Waals surface area (Å²) in [5.41, 5.74) is 5.60. The Morgan fingerprint density at radius 1 is 1.47 bits per heavy atom. The maximum absolute atomic E-state index is 9.88. The number of ether oxygens (including phenoxy) is 1. The quantitative estimate of drug-likeness (QED) is 0.696. The Balaban J connectivity index is 2.20. The van der Waals surface area contributed by atoms with E-state index in [9.17, 15) is 5.11 Å². The second kappa shape index (κ2) is 8.03. The molecule has 0 aromatic rings. The van der Waals surface area contributed by atoms with Gasteiger partial charge < -0.3 is 20.5 Å². The van der Waals surface area contributed by atoms with Crippen LogP contribution in [0.5, 0.6) is 0 Å². The SMILES string of the molecule is CC(C)OCC(O)CN1CCCC(CCN)C1. The Hall–Kier alpha value is -0.160. The van der Waals surface area contributed by atoms with Crippen molar-refractivity contribution in [3.05, 3.63) is 0 Å². The maximum atomic E-state index is 9.88. The van der Waals surface area contributed by atoms with Crippen molar-refractivity contribution < 1.29 is 9.84 Å². The van der Waals surface area contributed by atoms with Crippen LogP contribution in [0.2, 0.25) is 0 Å². The molecule has 1 aliphatic rings. The van der Waals surface area contributed by atoms with E-state index in [0.29, 0.717) is 12.5 Å². The lowest BCUT2D eigenvalue weighted by molar-refractivity contribution is -0.0137. The Morgan fingerprint density at radius 3 is 2.88 bits per heavy atom. The second-order valence-electron chi connectivity index (χ2n) is 5.38. The Labute approximate surface area is 105 Å². The molecule has 1 saturated heterocycles. The third-order valence-electron chi connectivity index (χ3n) is 3.27. The number of rotatable bonds is 7. The lowest BCUT2D eigenvalue weighted by atomic mass is 9.95. The summed E-state index contributed by atoms with van der Waals surface area (Å²) >= 11 is 0. The summed E-state index contributed by atoms with van der Waals surface area (Å²) < 4.78 is 5.42. The zero-order chi connectivity index (χ0) is 12.7. The predicted octanol–water partition coefficient (Wildman–Crippen LogP) is 0.833. The summed E-state index contributed by atoms with van der Waals surface area (Å²) in [6, 6.07) is 0. The molecule has 0 aliphatic carbocycles. The maximum Gasteiger partial charge on any atom is 0.0900 e. The highest BCUT2D eigenvalue weighted by molar-refractivity contribution is 4.75. The molecule has 0 radical (unpaired) electrons. The molecule has 4 nitrogen and oxygen atoms in total. The van der Waals surface area contributed by atoms with Gasteiger partial charge in [0.15, 0.2) is 0 Å². The molecule has 0 aromatic heterocycles. The number of hydrogen-bond donors (Lipinski definition) is 2. The molecule has 2 atom stereocenters. The van der Waals surface area contributed by atoms with Crippen LogP contribution >= 0.6 is 0 Å². The van der Waals surface area contributed by atoms with Crippen molar-refractivity contribution in [1.29, 1.82) is 0 Å². The van der Waals surface area contributed by atoms with E-state index in [1.807, 2.05) is 13.8 Å². The summed E-state index contributed by atoms with van der Waals surface area (Å²) in [6.45, 7) is 8.10. The monoisotopic (exact) mass is 244 g/mol. The highest BCUT2D eigenvalue weighted by Gasteiger charge is 2.21. The van der Waals surface area contributed by atoms with Crippen molar-refractivity contribution >= 4 is 0 Å². The molecule has 1 rings (SSSR count). The second-order valence-corrected chi connectivity index (χ2v) is 5.38. The molecule has 1 fully saturated rings. The third kappa shape index (κ3) is 6.36. The van der Waals surface area contributed by atoms with E-state index in [2.05, 4.69) is 4.90 Å². The van der Waals surface area contributed by atoms with E-state index < -0.39 is 0 Å². The first-order valence-electron chi connectivity index (χ1n) is 6.84. The summed E-state index contributed by atoms with van der Waals surface area (Å²) in [6.07, 6.45) is 3.44. The van der Waals surface area contributed by atoms with E-state index in [1.165, 1.54) is 12.8 Å². The fourth-order valence-electron chi connectivity index (χ4n) is 2.44. The first-order valence-corrected chi connectivity index (χ1v) is 6.84. The normalized spacial score (nSPS) is 24.2. The molecule has 3 N–H and O–H groups in total. The van der Waals surface area contributed by atoms with Gasteiger partial charge in [-0.1, -0.05) is 0 Å². The van der Waals surface area contributed by atoms with Crippen LogP contribution in [0.15, 0.2) is 0 Å². The molecule has 0 amide bonds. The summed E-state index contributed by atoms with van der Waals surface area (Å²) in [4.78, 5) is 2.35. The van der Waals surface area contributed by atoms with Gasteiger partial charge >= 0.3 is 0 Å². The molecule has 0 bridgehead atoms. The van der Waals surface area contributed by atoms with Crippen molar-refractivity contribution in [2.45, 2.75) is 45.3 Å². The molecule has 1 heterocycles. The van der Waals surface area contributed by atoms with Crippen molar-refractivity contribution in [2.24, 2.45) is 11.7 Å². The van der Waals surface area contributed by atoms with Crippen LogP contribution in [-0.4, -0.2) is 55.0 Å². The fourth-order valence-corrected chi connectivity index (χ4v) is 2.44. The van der Waals surface area contributed by atoms with Crippen LogP contribution in [0, 0.1) is 5.92 Å². The molecule has 2 unspecified atom stereocenters. The Morgan fingerprint density at radius 2 is 2.24 bits per heavy atom. The van der Waals surface area contributed by atoms with E-state index in [-0.39, 0.29) is 12.2 Å². The lowest BCUT2D eigenvalue weighted by Gasteiger charge is -2.33. The van der Waals surface area contributed by atoms with Gasteiger partial charge in [0.1, 0.15) is 0 Å². The van der Waals surface area contributed by atoms with E-state index in [0.717, 1.165) is 32.6 Å². The number of aliphatic hydroxyl groups excluding tert-OH is 1. The molecular formula is C13H28N2O2. The van der Waals surface area contributed by atoms with Crippen LogP contribution in [0.25, 0.3) is 0 Å². The van der Waals surface area contributed by atoms with Gasteiger partial charge in [-0.2, -0.15) is 0 Å². The summed E-state index contributed by atoms with van der Waals surface area (Å²) in [7, 11) is 0. The van der Waals surface area contributed by atoms with Gasteiger partial charge in [-0.15, -0.1) is 0 Å². The molecule has 4 heteroatoms. The largest absolute Gasteiger partial charge is 0.389 e. The summed E-state index contributed by atoms with van der Waals surface area (Å²) in [5.74, 6) is 0.715. The first-order chi connectivity index (χ1) is 8.11. The molecular weight excluding hydrogens is 216 g/mol. The zero-order valence-electron chi connectivity index (χ0n) is 11.3. The average molecular weight is 244 g/mol. The summed E-state index contributed by atoms with van der Waals surface area (Å²) in [5, 5.41) is 9.88. The smallest absolute Gasteiger partial charge is 0.0900 e. The van der Waals surface area contributed by atoms with Gasteiger partial charge in [0.25, 0.3) is 0 Å². The van der Waals surface area contributed by atoms with Crippen LogP contribution in [0.3, 0.4) is 0 Å². The number of nitrogens with zero attached hydrogens (tertiary/aromatic N) is 1. The van der Waals surface area contributed by atoms with Crippen LogP contribution in [0.1, 0.15) is 33.1 Å². The lowest BCUT2D eigenvalue weighted by Crippen LogP contribution is -2.42. The Bertz CT molecular complexity index is 198. The minimum atomic E-state index is -0.367. The van der Waals surface area contributed by atoms with Gasteiger partial charge in [-0.25, -0.2) is 0 Å². The zero-order valence-corrected chi connectivity index (χ0v) is 11.3. The number of aliphatic hydroxyl groups is 1. The number of nitrogens with two attached hydrogens (primary N) is 1. The minimum absolute atomic E-state index is 0.191. The number of piperidine rings is 1. The topological polar surface area (TPSA) is 58.7 Å². The van der Waals surface area contributed by atoms with Crippen molar-refractivity contribution in [1.82, 2.24) is 4.90 Å². The van der Waals surface area contributed by atoms with Crippen LogP contribution < -0.4 is 5.73 Å². The van der Waals surface area contributed by atoms with Gasteiger partial charge in [-0.3, -0.25) is 0 Å². The van der Waals surface area contributed by atoms with Gasteiger partial charge in [0, 0.05) is 13.1 Å². The molecule has 0 aromatic carbocycles. The van der Waals surface area contributed by atoms with Crippen LogP contribution in [0.4, 0.5) is 0 Å². The van der Waals surface area contributed by atoms with E-state index in [1.54, 1.807) is 0 Å². The first kappa shape index (κ1) is 14.9. The fraction of sp³-hybridized carbons (Fsp3) is 1.00. The van der Waals surface area contributed by atoms with Crippen molar-refractivity contribution in [3.63, 3.8) is 0 Å². The highest BCUT2D eigenvalue weighted by Crippen LogP contribution is 2.19. The average Bonchev–Trinajstić information content (AvgIpc) is 2.27.